The zero-order valence-corrected chi connectivity index (χ0v) is 15.3. The van der Waals surface area contributed by atoms with Crippen molar-refractivity contribution in [3.63, 3.8) is 0 Å². The van der Waals surface area contributed by atoms with E-state index in [1.54, 1.807) is 39.3 Å². The highest BCUT2D eigenvalue weighted by Crippen LogP contribution is 2.32. The van der Waals surface area contributed by atoms with Crippen LogP contribution in [0.15, 0.2) is 48.0 Å². The Morgan fingerprint density at radius 2 is 2.08 bits per heavy atom. The minimum atomic E-state index is -0.247. The highest BCUT2D eigenvalue weighted by Gasteiger charge is 2.25. The number of hydrogen-bond acceptors (Lipinski definition) is 6. The number of halogens is 1. The predicted octanol–water partition coefficient (Wildman–Crippen LogP) is 4.24. The summed E-state index contributed by atoms with van der Waals surface area (Å²) in [5.74, 6) is -0.247. The van der Waals surface area contributed by atoms with E-state index < -0.39 is 0 Å². The number of morpholine rings is 1. The number of imidazole rings is 1. The van der Waals surface area contributed by atoms with Gasteiger partial charge in [-0.25, -0.2) is 13.9 Å². The molecule has 1 atom stereocenters. The minimum Gasteiger partial charge on any atom is -0.369 e. The zero-order chi connectivity index (χ0) is 17.5. The molecule has 8 heteroatoms. The Balaban J connectivity index is 1.40. The highest BCUT2D eigenvalue weighted by atomic mass is 32.1. The van der Waals surface area contributed by atoms with Crippen LogP contribution in [0.4, 0.5) is 9.52 Å². The molecule has 0 spiro atoms. The molecule has 0 radical (unpaired) electrons. The van der Waals surface area contributed by atoms with E-state index in [4.69, 9.17) is 4.74 Å². The molecule has 4 heterocycles. The summed E-state index contributed by atoms with van der Waals surface area (Å²) in [6.45, 7) is 2.30. The Labute approximate surface area is 157 Å². The molecule has 1 aromatic carbocycles. The van der Waals surface area contributed by atoms with Gasteiger partial charge in [0.15, 0.2) is 0 Å². The van der Waals surface area contributed by atoms with Crippen LogP contribution in [0.1, 0.15) is 11.0 Å². The molecule has 0 amide bonds. The standard InChI is InChI=1S/C18H15FN4OS2/c19-13-5-3-12(4-6-13)14-10-23-17(20-14)26-18(21-23)22-7-8-24-15(11-22)16-2-1-9-25-16/h1-6,9-10,15H,7-8,11H2. The van der Waals surface area contributed by atoms with Gasteiger partial charge in [0.1, 0.15) is 11.9 Å². The van der Waals surface area contributed by atoms with Crippen LogP contribution in [0.2, 0.25) is 0 Å². The third-order valence-corrected chi connectivity index (χ3v) is 6.32. The maximum Gasteiger partial charge on any atom is 0.214 e. The SMILES string of the molecule is Fc1ccc(-c2cn3nc(N4CCOC(c5cccs5)C4)sc3n2)cc1. The van der Waals surface area contributed by atoms with Crippen molar-refractivity contribution in [2.75, 3.05) is 24.6 Å². The monoisotopic (exact) mass is 386 g/mol. The molecule has 0 N–H and O–H groups in total. The predicted molar refractivity (Wildman–Crippen MR) is 101 cm³/mol. The lowest BCUT2D eigenvalue weighted by molar-refractivity contribution is 0.0420. The molecule has 0 bridgehead atoms. The molecule has 0 aliphatic carbocycles. The number of fused-ring (bicyclic) bond motifs is 1. The lowest BCUT2D eigenvalue weighted by atomic mass is 10.2. The first-order chi connectivity index (χ1) is 12.8. The normalized spacial score (nSPS) is 17.9. The Morgan fingerprint density at radius 3 is 2.85 bits per heavy atom. The first-order valence-electron chi connectivity index (χ1n) is 8.28. The molecule has 1 aliphatic heterocycles. The van der Waals surface area contributed by atoms with Gasteiger partial charge in [-0.1, -0.05) is 17.4 Å². The van der Waals surface area contributed by atoms with Crippen molar-refractivity contribution < 1.29 is 9.13 Å². The quantitative estimate of drug-likeness (QED) is 0.528. The van der Waals surface area contributed by atoms with Crippen LogP contribution in [0, 0.1) is 5.82 Å². The van der Waals surface area contributed by atoms with E-state index in [1.807, 2.05) is 6.20 Å². The van der Waals surface area contributed by atoms with Gasteiger partial charge in [0.2, 0.25) is 10.1 Å². The van der Waals surface area contributed by atoms with E-state index in [1.165, 1.54) is 17.0 Å². The maximum atomic E-state index is 13.1. The summed E-state index contributed by atoms with van der Waals surface area (Å²) in [5.41, 5.74) is 1.68. The number of anilines is 1. The van der Waals surface area contributed by atoms with Crippen molar-refractivity contribution in [2.24, 2.45) is 0 Å². The first-order valence-corrected chi connectivity index (χ1v) is 9.98. The molecule has 5 nitrogen and oxygen atoms in total. The Morgan fingerprint density at radius 1 is 1.19 bits per heavy atom. The highest BCUT2D eigenvalue weighted by molar-refractivity contribution is 7.20. The van der Waals surface area contributed by atoms with Gasteiger partial charge in [0.25, 0.3) is 0 Å². The number of aromatic nitrogens is 3. The number of thiophene rings is 1. The summed E-state index contributed by atoms with van der Waals surface area (Å²) in [5, 5.41) is 7.71. The Kier molecular flexibility index (Phi) is 3.96. The van der Waals surface area contributed by atoms with Crippen molar-refractivity contribution in [1.29, 1.82) is 0 Å². The number of nitrogens with zero attached hydrogens (tertiary/aromatic N) is 4. The molecule has 3 aromatic heterocycles. The molecule has 26 heavy (non-hydrogen) atoms. The molecule has 132 valence electrons. The smallest absolute Gasteiger partial charge is 0.214 e. The number of rotatable bonds is 3. The summed E-state index contributed by atoms with van der Waals surface area (Å²) in [4.78, 5) is 8.97. The summed E-state index contributed by atoms with van der Waals surface area (Å²) in [6.07, 6.45) is 1.98. The van der Waals surface area contributed by atoms with Gasteiger partial charge in [-0.2, -0.15) is 0 Å². The third-order valence-electron chi connectivity index (χ3n) is 4.37. The fraction of sp³-hybridized carbons (Fsp3) is 0.222. The number of ether oxygens (including phenoxy) is 1. The van der Waals surface area contributed by atoms with Gasteiger partial charge in [-0.3, -0.25) is 0 Å². The molecule has 1 unspecified atom stereocenters. The van der Waals surface area contributed by atoms with E-state index in [-0.39, 0.29) is 11.9 Å². The van der Waals surface area contributed by atoms with E-state index in [0.717, 1.165) is 34.4 Å². The van der Waals surface area contributed by atoms with E-state index in [2.05, 4.69) is 32.5 Å². The lowest BCUT2D eigenvalue weighted by Gasteiger charge is -2.31. The van der Waals surface area contributed by atoms with Crippen LogP contribution in [-0.4, -0.2) is 34.3 Å². The lowest BCUT2D eigenvalue weighted by Crippen LogP contribution is -2.38. The summed E-state index contributed by atoms with van der Waals surface area (Å²) < 4.78 is 20.8. The first kappa shape index (κ1) is 15.9. The summed E-state index contributed by atoms with van der Waals surface area (Å²) in [7, 11) is 0. The van der Waals surface area contributed by atoms with Gasteiger partial charge < -0.3 is 9.64 Å². The van der Waals surface area contributed by atoms with Crippen molar-refractivity contribution >= 4 is 32.8 Å². The van der Waals surface area contributed by atoms with Crippen LogP contribution in [0.3, 0.4) is 0 Å². The maximum absolute atomic E-state index is 13.1. The molecule has 4 aromatic rings. The molecule has 1 aliphatic rings. The fourth-order valence-corrected chi connectivity index (χ4v) is 4.73. The van der Waals surface area contributed by atoms with Crippen LogP contribution >= 0.6 is 22.7 Å². The second-order valence-corrected chi connectivity index (χ2v) is 7.98. The van der Waals surface area contributed by atoms with Gasteiger partial charge in [0, 0.05) is 17.0 Å². The van der Waals surface area contributed by atoms with Crippen LogP contribution in [0.5, 0.6) is 0 Å². The van der Waals surface area contributed by atoms with Crippen molar-refractivity contribution in [2.45, 2.75) is 6.10 Å². The second kappa shape index (κ2) is 6.46. The average Bonchev–Trinajstić information content (AvgIpc) is 3.39. The van der Waals surface area contributed by atoms with Gasteiger partial charge in [0.05, 0.1) is 25.0 Å². The molecule has 1 fully saturated rings. The Hall–Kier alpha value is -2.29. The summed E-state index contributed by atoms with van der Waals surface area (Å²) >= 11 is 3.28. The van der Waals surface area contributed by atoms with E-state index in [0.29, 0.717) is 6.61 Å². The van der Waals surface area contributed by atoms with Gasteiger partial charge >= 0.3 is 0 Å². The molecule has 0 saturated carbocycles. The summed E-state index contributed by atoms with van der Waals surface area (Å²) in [6, 6.07) is 10.5. The molecular weight excluding hydrogens is 371 g/mol. The van der Waals surface area contributed by atoms with Crippen molar-refractivity contribution in [3.05, 3.63) is 58.7 Å². The van der Waals surface area contributed by atoms with Crippen LogP contribution < -0.4 is 4.90 Å². The van der Waals surface area contributed by atoms with E-state index >= 15 is 0 Å². The molecule has 5 rings (SSSR count). The van der Waals surface area contributed by atoms with E-state index in [9.17, 15) is 4.39 Å². The second-order valence-electron chi connectivity index (χ2n) is 6.07. The van der Waals surface area contributed by atoms with Gasteiger partial charge in [-0.15, -0.1) is 16.4 Å². The average molecular weight is 386 g/mol. The zero-order valence-electron chi connectivity index (χ0n) is 13.7. The topological polar surface area (TPSA) is 42.7 Å². The number of hydrogen-bond donors (Lipinski definition) is 0. The van der Waals surface area contributed by atoms with Crippen LogP contribution in [0.25, 0.3) is 16.2 Å². The van der Waals surface area contributed by atoms with Crippen LogP contribution in [-0.2, 0) is 4.74 Å². The number of benzene rings is 1. The van der Waals surface area contributed by atoms with Crippen molar-refractivity contribution in [1.82, 2.24) is 14.6 Å². The van der Waals surface area contributed by atoms with Crippen molar-refractivity contribution in [3.8, 4) is 11.3 Å². The fourth-order valence-electron chi connectivity index (χ4n) is 3.05. The largest absolute Gasteiger partial charge is 0.369 e. The Bertz CT molecular complexity index is 994. The minimum absolute atomic E-state index is 0.0924. The van der Waals surface area contributed by atoms with Gasteiger partial charge in [-0.05, 0) is 35.7 Å². The molecule has 1 saturated heterocycles. The third kappa shape index (κ3) is 2.90. The molecular formula is C18H15FN4OS2.